The fourth-order valence-electron chi connectivity index (χ4n) is 3.41. The van der Waals surface area contributed by atoms with Crippen LogP contribution < -0.4 is 0 Å². The summed E-state index contributed by atoms with van der Waals surface area (Å²) in [5, 5.41) is 12.5. The smallest absolute Gasteiger partial charge is 0.337 e. The lowest BCUT2D eigenvalue weighted by atomic mass is 9.77. The molecule has 3 rings (SSSR count). The Morgan fingerprint density at radius 1 is 1.36 bits per heavy atom. The number of thiophene rings is 1. The second-order valence-corrected chi connectivity index (χ2v) is 9.25. The molecule has 8 heteroatoms. The summed E-state index contributed by atoms with van der Waals surface area (Å²) >= 11 is 1.35. The van der Waals surface area contributed by atoms with E-state index in [1.165, 1.54) is 11.3 Å². The first kappa shape index (κ1) is 18.0. The molecule has 0 radical (unpaired) electrons. The number of hydrogen-bond acceptors (Lipinski definition) is 5. The molecule has 0 saturated carbocycles. The Balaban J connectivity index is 2.26. The van der Waals surface area contributed by atoms with Crippen molar-refractivity contribution in [3.63, 3.8) is 0 Å². The van der Waals surface area contributed by atoms with Gasteiger partial charge in [-0.3, -0.25) is 9.55 Å². The van der Waals surface area contributed by atoms with Crippen LogP contribution in [0.25, 0.3) is 10.1 Å². The number of carbonyl (C=O) groups is 1. The zero-order valence-electron chi connectivity index (χ0n) is 14.2. The molecule has 0 fully saturated rings. The molecule has 0 amide bonds. The number of hydrogen-bond donors (Lipinski definition) is 2. The maximum atomic E-state index is 12.0. The molecular weight excluding hydrogens is 362 g/mol. The summed E-state index contributed by atoms with van der Waals surface area (Å²) in [6, 6.07) is 1.88. The second-order valence-electron chi connectivity index (χ2n) is 6.76. The van der Waals surface area contributed by atoms with Crippen molar-refractivity contribution in [2.24, 2.45) is 4.99 Å². The first-order valence-corrected chi connectivity index (χ1v) is 10.3. The number of carboxylic acids is 1. The van der Waals surface area contributed by atoms with Crippen LogP contribution in [-0.4, -0.2) is 35.5 Å². The fourth-order valence-corrected chi connectivity index (χ4v) is 4.88. The van der Waals surface area contributed by atoms with Gasteiger partial charge in [0.25, 0.3) is 10.1 Å². The fraction of sp³-hybridized carbons (Fsp3) is 0.412. The van der Waals surface area contributed by atoms with Crippen LogP contribution in [0.1, 0.15) is 48.7 Å². The first-order chi connectivity index (χ1) is 11.5. The number of benzene rings is 1. The van der Waals surface area contributed by atoms with Crippen LogP contribution in [0.15, 0.2) is 16.4 Å². The summed E-state index contributed by atoms with van der Waals surface area (Å²) in [5.74, 6) is -1.43. The van der Waals surface area contributed by atoms with Crippen molar-refractivity contribution in [2.75, 3.05) is 5.75 Å². The Hall–Kier alpha value is -1.77. The third-order valence-corrected chi connectivity index (χ3v) is 6.58. The molecule has 1 aliphatic rings. The van der Waals surface area contributed by atoms with Gasteiger partial charge in [0.2, 0.25) is 0 Å². The minimum Gasteiger partial charge on any atom is -0.478 e. The standard InChI is InChI=1S/C17H19NO5S2/c1-9-17(2,3)13-10(5-4-8-25(21,22)23)12(16(19)20)15-11(6-7-24-15)14(13)18-9/h6-7H,4-5,8H2,1-3H3,(H,19,20)(H,21,22,23). The van der Waals surface area contributed by atoms with Gasteiger partial charge in [0.1, 0.15) is 0 Å². The van der Waals surface area contributed by atoms with E-state index in [1.54, 1.807) is 0 Å². The quantitative estimate of drug-likeness (QED) is 0.767. The van der Waals surface area contributed by atoms with E-state index in [9.17, 15) is 18.3 Å². The molecule has 1 aliphatic heterocycles. The summed E-state index contributed by atoms with van der Waals surface area (Å²) in [6.07, 6.45) is 0.404. The zero-order valence-corrected chi connectivity index (χ0v) is 15.8. The Bertz CT molecular complexity index is 1020. The van der Waals surface area contributed by atoms with Crippen LogP contribution in [0.5, 0.6) is 0 Å². The molecule has 0 aliphatic carbocycles. The molecule has 1 aromatic carbocycles. The number of nitrogens with zero attached hydrogens (tertiary/aromatic N) is 1. The van der Waals surface area contributed by atoms with Gasteiger partial charge >= 0.3 is 5.97 Å². The van der Waals surface area contributed by atoms with Crippen LogP contribution >= 0.6 is 11.3 Å². The van der Waals surface area contributed by atoms with E-state index >= 15 is 0 Å². The molecule has 2 aromatic rings. The number of aliphatic imine (C=N–C) groups is 1. The van der Waals surface area contributed by atoms with Crippen molar-refractivity contribution >= 4 is 48.9 Å². The van der Waals surface area contributed by atoms with Gasteiger partial charge in [-0.1, -0.05) is 13.8 Å². The number of carboxylic acid groups (broad SMARTS) is 1. The second kappa shape index (κ2) is 5.89. The summed E-state index contributed by atoms with van der Waals surface area (Å²) in [6.45, 7) is 5.90. The van der Waals surface area contributed by atoms with Gasteiger partial charge in [0.05, 0.1) is 21.7 Å². The summed E-state index contributed by atoms with van der Waals surface area (Å²) in [7, 11) is -4.09. The summed E-state index contributed by atoms with van der Waals surface area (Å²) in [4.78, 5) is 16.7. The van der Waals surface area contributed by atoms with Crippen LogP contribution in [0, 0.1) is 0 Å². The van der Waals surface area contributed by atoms with Gasteiger partial charge in [-0.05, 0) is 42.3 Å². The van der Waals surface area contributed by atoms with Crippen molar-refractivity contribution in [2.45, 2.75) is 39.0 Å². The molecule has 25 heavy (non-hydrogen) atoms. The van der Waals surface area contributed by atoms with Gasteiger partial charge in [0.15, 0.2) is 0 Å². The molecule has 0 atom stereocenters. The van der Waals surface area contributed by atoms with Gasteiger partial charge < -0.3 is 5.11 Å². The van der Waals surface area contributed by atoms with Gasteiger partial charge in [-0.2, -0.15) is 8.42 Å². The molecule has 2 N–H and O–H groups in total. The summed E-state index contributed by atoms with van der Waals surface area (Å²) < 4.78 is 31.7. The van der Waals surface area contributed by atoms with Gasteiger partial charge in [0, 0.05) is 16.5 Å². The Labute approximate surface area is 150 Å². The average Bonchev–Trinajstić information content (AvgIpc) is 3.01. The predicted molar refractivity (Wildman–Crippen MR) is 99.3 cm³/mol. The van der Waals surface area contributed by atoms with Crippen molar-refractivity contribution in [1.82, 2.24) is 0 Å². The van der Waals surface area contributed by atoms with Crippen LogP contribution in [0.3, 0.4) is 0 Å². The third-order valence-electron chi connectivity index (χ3n) is 4.84. The first-order valence-electron chi connectivity index (χ1n) is 7.84. The Morgan fingerprint density at radius 3 is 2.64 bits per heavy atom. The molecular formula is C17H19NO5S2. The molecule has 6 nitrogen and oxygen atoms in total. The van der Waals surface area contributed by atoms with E-state index in [0.29, 0.717) is 10.3 Å². The molecule has 0 spiro atoms. The molecule has 0 bridgehead atoms. The van der Waals surface area contributed by atoms with E-state index in [-0.39, 0.29) is 18.4 Å². The van der Waals surface area contributed by atoms with Crippen molar-refractivity contribution in [3.05, 3.63) is 28.1 Å². The van der Waals surface area contributed by atoms with Crippen molar-refractivity contribution < 1.29 is 22.9 Å². The molecule has 134 valence electrons. The summed E-state index contributed by atoms with van der Waals surface area (Å²) in [5.41, 5.74) is 2.94. The number of aromatic carboxylic acids is 1. The molecule has 0 unspecified atom stereocenters. The SMILES string of the molecule is CC1=Nc2c(c(CCCS(=O)(=O)O)c(C(=O)O)c3sccc23)C1(C)C. The number of fused-ring (bicyclic) bond motifs is 3. The highest BCUT2D eigenvalue weighted by Crippen LogP contribution is 2.49. The topological polar surface area (TPSA) is 104 Å². The van der Waals surface area contributed by atoms with E-state index < -0.39 is 27.3 Å². The highest BCUT2D eigenvalue weighted by molar-refractivity contribution is 7.85. The van der Waals surface area contributed by atoms with Crippen LogP contribution in [0.2, 0.25) is 0 Å². The maximum Gasteiger partial charge on any atom is 0.337 e. The number of rotatable bonds is 5. The van der Waals surface area contributed by atoms with E-state index in [1.807, 2.05) is 32.2 Å². The highest BCUT2D eigenvalue weighted by Gasteiger charge is 2.38. The largest absolute Gasteiger partial charge is 0.478 e. The minimum absolute atomic E-state index is 0.150. The van der Waals surface area contributed by atoms with Crippen molar-refractivity contribution in [1.29, 1.82) is 0 Å². The zero-order chi connectivity index (χ0) is 18.6. The Kier molecular flexibility index (Phi) is 4.25. The lowest BCUT2D eigenvalue weighted by Crippen LogP contribution is -2.25. The molecule has 2 heterocycles. The third kappa shape index (κ3) is 2.98. The highest BCUT2D eigenvalue weighted by atomic mass is 32.2. The predicted octanol–water partition coefficient (Wildman–Crippen LogP) is 3.80. The average molecular weight is 381 g/mol. The van der Waals surface area contributed by atoms with Crippen LogP contribution in [-0.2, 0) is 22.0 Å². The Morgan fingerprint density at radius 2 is 2.04 bits per heavy atom. The lowest BCUT2D eigenvalue weighted by molar-refractivity contribution is 0.0698. The van der Waals surface area contributed by atoms with Crippen molar-refractivity contribution in [3.8, 4) is 0 Å². The van der Waals surface area contributed by atoms with E-state index in [2.05, 4.69) is 4.99 Å². The monoisotopic (exact) mass is 381 g/mol. The van der Waals surface area contributed by atoms with Gasteiger partial charge in [-0.15, -0.1) is 11.3 Å². The van der Waals surface area contributed by atoms with Gasteiger partial charge in [-0.25, -0.2) is 4.79 Å². The normalized spacial score (nSPS) is 16.1. The maximum absolute atomic E-state index is 12.0. The van der Waals surface area contributed by atoms with E-state index in [0.717, 1.165) is 22.3 Å². The molecule has 1 aromatic heterocycles. The lowest BCUT2D eigenvalue weighted by Gasteiger charge is -2.25. The van der Waals surface area contributed by atoms with E-state index in [4.69, 9.17) is 4.55 Å². The molecule has 0 saturated heterocycles. The minimum atomic E-state index is -4.09. The van der Waals surface area contributed by atoms with Crippen LogP contribution in [0.4, 0.5) is 5.69 Å².